The molecule has 2 heterocycles. The van der Waals surface area contributed by atoms with Crippen LogP contribution in [0.3, 0.4) is 0 Å². The summed E-state index contributed by atoms with van der Waals surface area (Å²) < 4.78 is 1.05. The lowest BCUT2D eigenvalue weighted by atomic mass is 10.1. The number of aryl methyl sites for hydroxylation is 1. The van der Waals surface area contributed by atoms with Crippen LogP contribution in [0.2, 0.25) is 0 Å². The van der Waals surface area contributed by atoms with E-state index in [9.17, 15) is 9.90 Å². The molecule has 1 aliphatic rings. The second-order valence-electron chi connectivity index (χ2n) is 8.10. The third-order valence-corrected chi connectivity index (χ3v) is 6.48. The van der Waals surface area contributed by atoms with Gasteiger partial charge in [-0.1, -0.05) is 46.3 Å². The minimum absolute atomic E-state index is 0.190. The fourth-order valence-corrected chi connectivity index (χ4v) is 4.51. The predicted molar refractivity (Wildman–Crippen MR) is 130 cm³/mol. The molecule has 0 saturated carbocycles. The number of aromatic carboxylic acids is 1. The highest BCUT2D eigenvalue weighted by Crippen LogP contribution is 2.35. The number of aromatic nitrogens is 2. The van der Waals surface area contributed by atoms with Crippen molar-refractivity contribution in [2.75, 3.05) is 29.9 Å². The van der Waals surface area contributed by atoms with Crippen LogP contribution in [0.1, 0.15) is 46.9 Å². The standard InChI is InChI=1S/C25H27BrN4O2/c1-29(20-7-3-2-4-8-20)15-5-9-22-21(24(31)32)17-27-25(28-22)30-16-6-10-23(30)18-11-13-19(26)14-12-18/h2-4,7-8,11-14,17,23H,5-6,9-10,15-16H2,1H3,(H,31,32)/t23-/m1/s1. The predicted octanol–water partition coefficient (Wildman–Crippen LogP) is 5.35. The fourth-order valence-electron chi connectivity index (χ4n) is 4.25. The van der Waals surface area contributed by atoms with Crippen molar-refractivity contribution < 1.29 is 9.90 Å². The summed E-state index contributed by atoms with van der Waals surface area (Å²) in [4.78, 5) is 25.3. The number of hydrogen-bond donors (Lipinski definition) is 1. The van der Waals surface area contributed by atoms with Gasteiger partial charge in [0.2, 0.25) is 5.95 Å². The number of carbonyl (C=O) groups is 1. The summed E-state index contributed by atoms with van der Waals surface area (Å²) in [5.41, 5.74) is 3.16. The smallest absolute Gasteiger partial charge is 0.339 e. The van der Waals surface area contributed by atoms with Crippen molar-refractivity contribution in [3.8, 4) is 0 Å². The number of carboxylic acids is 1. The Morgan fingerprint density at radius 3 is 2.66 bits per heavy atom. The molecular formula is C25H27BrN4O2. The SMILES string of the molecule is CN(CCCc1nc(N2CCC[C@@H]2c2ccc(Br)cc2)ncc1C(=O)O)c1ccccc1. The summed E-state index contributed by atoms with van der Waals surface area (Å²) >= 11 is 3.50. The zero-order valence-corrected chi connectivity index (χ0v) is 19.7. The minimum Gasteiger partial charge on any atom is -0.478 e. The number of rotatable bonds is 8. The molecule has 2 aromatic carbocycles. The van der Waals surface area contributed by atoms with Crippen molar-refractivity contribution in [3.05, 3.63) is 82.1 Å². The summed E-state index contributed by atoms with van der Waals surface area (Å²) in [7, 11) is 2.05. The van der Waals surface area contributed by atoms with E-state index in [1.807, 2.05) is 25.2 Å². The van der Waals surface area contributed by atoms with E-state index in [-0.39, 0.29) is 11.6 Å². The number of halogens is 1. The maximum atomic E-state index is 11.8. The van der Waals surface area contributed by atoms with Gasteiger partial charge in [-0.15, -0.1) is 0 Å². The van der Waals surface area contributed by atoms with Gasteiger partial charge in [0, 0.05) is 36.5 Å². The number of nitrogens with zero attached hydrogens (tertiary/aromatic N) is 4. The first kappa shape index (κ1) is 22.3. The van der Waals surface area contributed by atoms with Gasteiger partial charge in [0.1, 0.15) is 0 Å². The van der Waals surface area contributed by atoms with Crippen LogP contribution in [0, 0.1) is 0 Å². The van der Waals surface area contributed by atoms with Crippen LogP contribution in [0.25, 0.3) is 0 Å². The molecular weight excluding hydrogens is 468 g/mol. The Morgan fingerprint density at radius 2 is 1.94 bits per heavy atom. The largest absolute Gasteiger partial charge is 0.478 e. The third kappa shape index (κ3) is 5.10. The second kappa shape index (κ2) is 10.1. The van der Waals surface area contributed by atoms with Crippen LogP contribution in [-0.2, 0) is 6.42 Å². The first-order valence-electron chi connectivity index (χ1n) is 10.9. The maximum Gasteiger partial charge on any atom is 0.339 e. The van der Waals surface area contributed by atoms with Gasteiger partial charge in [-0.3, -0.25) is 0 Å². The van der Waals surface area contributed by atoms with Crippen molar-refractivity contribution in [1.29, 1.82) is 0 Å². The first-order chi connectivity index (χ1) is 15.5. The monoisotopic (exact) mass is 494 g/mol. The Balaban J connectivity index is 1.51. The van der Waals surface area contributed by atoms with Crippen LogP contribution in [0.15, 0.2) is 65.3 Å². The summed E-state index contributed by atoms with van der Waals surface area (Å²) in [6, 6.07) is 18.7. The molecule has 0 amide bonds. The molecule has 1 atom stereocenters. The molecule has 1 fully saturated rings. The summed E-state index contributed by atoms with van der Waals surface area (Å²) in [5, 5.41) is 9.66. The number of para-hydroxylation sites is 1. The molecule has 0 unspecified atom stereocenters. The van der Waals surface area contributed by atoms with Gasteiger partial charge in [0.05, 0.1) is 17.3 Å². The van der Waals surface area contributed by atoms with E-state index in [4.69, 9.17) is 4.98 Å². The number of hydrogen-bond acceptors (Lipinski definition) is 5. The molecule has 1 aromatic heterocycles. The van der Waals surface area contributed by atoms with Gasteiger partial charge in [-0.2, -0.15) is 0 Å². The normalized spacial score (nSPS) is 15.7. The van der Waals surface area contributed by atoms with Gasteiger partial charge in [-0.25, -0.2) is 14.8 Å². The van der Waals surface area contributed by atoms with Gasteiger partial charge in [-0.05, 0) is 55.5 Å². The van der Waals surface area contributed by atoms with Gasteiger partial charge >= 0.3 is 5.97 Å². The van der Waals surface area contributed by atoms with E-state index in [0.717, 1.165) is 42.5 Å². The number of anilines is 2. The lowest BCUT2D eigenvalue weighted by molar-refractivity contribution is 0.0694. The molecule has 1 aliphatic heterocycles. The molecule has 0 radical (unpaired) electrons. The van der Waals surface area contributed by atoms with Gasteiger partial charge < -0.3 is 14.9 Å². The summed E-state index contributed by atoms with van der Waals surface area (Å²) in [6.07, 6.45) is 4.95. The summed E-state index contributed by atoms with van der Waals surface area (Å²) in [5.74, 6) is -0.360. The van der Waals surface area contributed by atoms with E-state index < -0.39 is 5.97 Å². The van der Waals surface area contributed by atoms with Crippen LogP contribution in [-0.4, -0.2) is 41.2 Å². The average Bonchev–Trinajstić information content (AvgIpc) is 3.30. The van der Waals surface area contributed by atoms with E-state index in [0.29, 0.717) is 18.1 Å². The Labute approximate surface area is 197 Å². The lowest BCUT2D eigenvalue weighted by Crippen LogP contribution is -2.26. The van der Waals surface area contributed by atoms with Crippen LogP contribution in [0.4, 0.5) is 11.6 Å². The topological polar surface area (TPSA) is 69.6 Å². The molecule has 4 rings (SSSR count). The van der Waals surface area contributed by atoms with Gasteiger partial charge in [0.25, 0.3) is 0 Å². The third-order valence-electron chi connectivity index (χ3n) is 5.95. The molecule has 3 aromatic rings. The first-order valence-corrected chi connectivity index (χ1v) is 11.7. The highest BCUT2D eigenvalue weighted by atomic mass is 79.9. The second-order valence-corrected chi connectivity index (χ2v) is 9.01. The fraction of sp³-hybridized carbons (Fsp3) is 0.320. The molecule has 7 heteroatoms. The van der Waals surface area contributed by atoms with Crippen LogP contribution >= 0.6 is 15.9 Å². The van der Waals surface area contributed by atoms with Crippen molar-refractivity contribution >= 4 is 33.5 Å². The van der Waals surface area contributed by atoms with Gasteiger partial charge in [0.15, 0.2) is 0 Å². The maximum absolute atomic E-state index is 11.8. The quantitative estimate of drug-likeness (QED) is 0.455. The molecule has 1 N–H and O–H groups in total. The van der Waals surface area contributed by atoms with E-state index in [1.54, 1.807) is 0 Å². The molecule has 0 aliphatic carbocycles. The van der Waals surface area contributed by atoms with Crippen molar-refractivity contribution in [1.82, 2.24) is 9.97 Å². The van der Waals surface area contributed by atoms with Crippen LogP contribution in [0.5, 0.6) is 0 Å². The van der Waals surface area contributed by atoms with E-state index >= 15 is 0 Å². The molecule has 0 bridgehead atoms. The number of benzene rings is 2. The van der Waals surface area contributed by atoms with Crippen molar-refractivity contribution in [2.24, 2.45) is 0 Å². The summed E-state index contributed by atoms with van der Waals surface area (Å²) in [6.45, 7) is 1.68. The van der Waals surface area contributed by atoms with Crippen molar-refractivity contribution in [2.45, 2.75) is 31.7 Å². The zero-order chi connectivity index (χ0) is 22.5. The number of carboxylic acid groups (broad SMARTS) is 1. The molecule has 32 heavy (non-hydrogen) atoms. The molecule has 1 saturated heterocycles. The Morgan fingerprint density at radius 1 is 1.19 bits per heavy atom. The van der Waals surface area contributed by atoms with Crippen molar-refractivity contribution in [3.63, 3.8) is 0 Å². The lowest BCUT2D eigenvalue weighted by Gasteiger charge is -2.26. The Hall–Kier alpha value is -2.93. The highest BCUT2D eigenvalue weighted by molar-refractivity contribution is 9.10. The minimum atomic E-state index is -0.978. The van der Waals surface area contributed by atoms with Crippen LogP contribution < -0.4 is 9.80 Å². The molecule has 166 valence electrons. The highest BCUT2D eigenvalue weighted by Gasteiger charge is 2.29. The molecule has 6 nitrogen and oxygen atoms in total. The molecule has 0 spiro atoms. The zero-order valence-electron chi connectivity index (χ0n) is 18.1. The Kier molecular flexibility index (Phi) is 7.05. The van der Waals surface area contributed by atoms with E-state index in [1.165, 1.54) is 11.8 Å². The Bertz CT molecular complexity index is 1060. The average molecular weight is 495 g/mol. The van der Waals surface area contributed by atoms with E-state index in [2.05, 4.69) is 67.1 Å².